The summed E-state index contributed by atoms with van der Waals surface area (Å²) < 4.78 is 0. The van der Waals surface area contributed by atoms with Crippen LogP contribution in [-0.4, -0.2) is 30.3 Å². The fourth-order valence-corrected chi connectivity index (χ4v) is 2.60. The SMILES string of the molecule is CC1CCN(CC(C)C(=O)c2ccccc2)CC1. The van der Waals surface area contributed by atoms with Gasteiger partial charge >= 0.3 is 0 Å². The molecule has 98 valence electrons. The van der Waals surface area contributed by atoms with Gasteiger partial charge in [0.15, 0.2) is 5.78 Å². The predicted molar refractivity (Wildman–Crippen MR) is 74.8 cm³/mol. The number of carbonyl (C=O) groups excluding carboxylic acids is 1. The molecule has 0 aliphatic carbocycles. The molecule has 1 atom stereocenters. The average molecular weight is 245 g/mol. The van der Waals surface area contributed by atoms with E-state index in [1.807, 2.05) is 37.3 Å². The van der Waals surface area contributed by atoms with Crippen molar-refractivity contribution < 1.29 is 4.79 Å². The summed E-state index contributed by atoms with van der Waals surface area (Å²) in [7, 11) is 0. The third-order valence-electron chi connectivity index (χ3n) is 3.91. The largest absolute Gasteiger partial charge is 0.303 e. The van der Waals surface area contributed by atoms with Crippen molar-refractivity contribution >= 4 is 5.78 Å². The molecule has 1 heterocycles. The van der Waals surface area contributed by atoms with E-state index in [0.717, 1.165) is 31.1 Å². The van der Waals surface area contributed by atoms with Gasteiger partial charge < -0.3 is 4.90 Å². The second-order valence-corrected chi connectivity index (χ2v) is 5.61. The first-order valence-corrected chi connectivity index (χ1v) is 6.98. The standard InChI is InChI=1S/C16H23NO/c1-13-8-10-17(11-9-13)12-14(2)16(18)15-6-4-3-5-7-15/h3-7,13-14H,8-12H2,1-2H3. The van der Waals surface area contributed by atoms with E-state index in [1.54, 1.807) is 0 Å². The predicted octanol–water partition coefficient (Wildman–Crippen LogP) is 3.24. The summed E-state index contributed by atoms with van der Waals surface area (Å²) in [6.07, 6.45) is 2.54. The van der Waals surface area contributed by atoms with Gasteiger partial charge in [0, 0.05) is 18.0 Å². The number of likely N-dealkylation sites (tertiary alicyclic amines) is 1. The van der Waals surface area contributed by atoms with E-state index in [4.69, 9.17) is 0 Å². The molecule has 1 saturated heterocycles. The lowest BCUT2D eigenvalue weighted by Gasteiger charge is -2.31. The van der Waals surface area contributed by atoms with E-state index in [-0.39, 0.29) is 11.7 Å². The molecule has 2 heteroatoms. The van der Waals surface area contributed by atoms with Crippen molar-refractivity contribution in [2.24, 2.45) is 11.8 Å². The Morgan fingerprint density at radius 2 is 1.89 bits per heavy atom. The first-order chi connectivity index (χ1) is 8.66. The van der Waals surface area contributed by atoms with Crippen molar-refractivity contribution in [1.29, 1.82) is 0 Å². The summed E-state index contributed by atoms with van der Waals surface area (Å²) in [5, 5.41) is 0. The average Bonchev–Trinajstić information content (AvgIpc) is 2.41. The van der Waals surface area contributed by atoms with Crippen LogP contribution < -0.4 is 0 Å². The van der Waals surface area contributed by atoms with Crippen LogP contribution in [0.25, 0.3) is 0 Å². The minimum Gasteiger partial charge on any atom is -0.303 e. The van der Waals surface area contributed by atoms with Crippen LogP contribution in [0.5, 0.6) is 0 Å². The monoisotopic (exact) mass is 245 g/mol. The number of hydrogen-bond acceptors (Lipinski definition) is 2. The minimum absolute atomic E-state index is 0.0980. The van der Waals surface area contributed by atoms with Crippen LogP contribution in [0.15, 0.2) is 30.3 Å². The van der Waals surface area contributed by atoms with Gasteiger partial charge in [0.1, 0.15) is 0 Å². The highest BCUT2D eigenvalue weighted by Crippen LogP contribution is 2.18. The number of carbonyl (C=O) groups is 1. The van der Waals surface area contributed by atoms with Crippen LogP contribution in [0, 0.1) is 11.8 Å². The van der Waals surface area contributed by atoms with Gasteiger partial charge in [-0.05, 0) is 31.8 Å². The summed E-state index contributed by atoms with van der Waals surface area (Å²) in [5.74, 6) is 1.22. The Bertz CT molecular complexity index is 379. The summed E-state index contributed by atoms with van der Waals surface area (Å²) in [6, 6.07) is 9.65. The van der Waals surface area contributed by atoms with Crippen molar-refractivity contribution in [2.75, 3.05) is 19.6 Å². The van der Waals surface area contributed by atoms with E-state index in [9.17, 15) is 4.79 Å². The second-order valence-electron chi connectivity index (χ2n) is 5.61. The number of ketones is 1. The topological polar surface area (TPSA) is 20.3 Å². The zero-order valence-electron chi connectivity index (χ0n) is 11.4. The summed E-state index contributed by atoms with van der Waals surface area (Å²) in [6.45, 7) is 7.56. The molecule has 18 heavy (non-hydrogen) atoms. The van der Waals surface area contributed by atoms with Crippen molar-refractivity contribution in [3.63, 3.8) is 0 Å². The van der Waals surface area contributed by atoms with Crippen molar-refractivity contribution in [3.8, 4) is 0 Å². The normalized spacial score (nSPS) is 19.7. The molecule has 0 spiro atoms. The van der Waals surface area contributed by atoms with E-state index in [2.05, 4.69) is 11.8 Å². The Labute approximate surface area is 110 Å². The molecule has 0 aromatic heterocycles. The van der Waals surface area contributed by atoms with Crippen molar-refractivity contribution in [2.45, 2.75) is 26.7 Å². The zero-order chi connectivity index (χ0) is 13.0. The second kappa shape index (κ2) is 6.14. The molecule has 1 aromatic carbocycles. The fourth-order valence-electron chi connectivity index (χ4n) is 2.60. The van der Waals surface area contributed by atoms with Crippen molar-refractivity contribution in [3.05, 3.63) is 35.9 Å². The van der Waals surface area contributed by atoms with Gasteiger partial charge in [0.2, 0.25) is 0 Å². The number of nitrogens with zero attached hydrogens (tertiary/aromatic N) is 1. The van der Waals surface area contributed by atoms with Gasteiger partial charge in [0.05, 0.1) is 0 Å². The molecule has 1 aliphatic rings. The third kappa shape index (κ3) is 3.42. The molecule has 0 saturated carbocycles. The first-order valence-electron chi connectivity index (χ1n) is 6.98. The molecule has 1 aliphatic heterocycles. The lowest BCUT2D eigenvalue weighted by Crippen LogP contribution is -2.37. The van der Waals surface area contributed by atoms with E-state index >= 15 is 0 Å². The Kier molecular flexibility index (Phi) is 4.54. The molecule has 1 aromatic rings. The van der Waals surface area contributed by atoms with Gasteiger partial charge in [-0.2, -0.15) is 0 Å². The van der Waals surface area contributed by atoms with E-state index < -0.39 is 0 Å². The van der Waals surface area contributed by atoms with Crippen LogP contribution >= 0.6 is 0 Å². The van der Waals surface area contributed by atoms with E-state index in [1.165, 1.54) is 12.8 Å². The van der Waals surface area contributed by atoms with Crippen molar-refractivity contribution in [1.82, 2.24) is 4.90 Å². The van der Waals surface area contributed by atoms with Gasteiger partial charge in [-0.15, -0.1) is 0 Å². The van der Waals surface area contributed by atoms with Crippen LogP contribution in [0.3, 0.4) is 0 Å². The first kappa shape index (κ1) is 13.3. The molecular weight excluding hydrogens is 222 g/mol. The lowest BCUT2D eigenvalue weighted by molar-refractivity contribution is 0.0873. The maximum atomic E-state index is 12.3. The molecule has 0 amide bonds. The molecule has 2 nitrogen and oxygen atoms in total. The molecule has 0 bridgehead atoms. The molecule has 2 rings (SSSR count). The number of hydrogen-bond donors (Lipinski definition) is 0. The highest BCUT2D eigenvalue weighted by molar-refractivity contribution is 5.97. The minimum atomic E-state index is 0.0980. The fraction of sp³-hybridized carbons (Fsp3) is 0.562. The Balaban J connectivity index is 1.88. The lowest BCUT2D eigenvalue weighted by atomic mass is 9.95. The summed E-state index contributed by atoms with van der Waals surface area (Å²) in [4.78, 5) is 14.7. The number of piperidine rings is 1. The molecule has 0 radical (unpaired) electrons. The Morgan fingerprint density at radius 3 is 2.50 bits per heavy atom. The van der Waals surface area contributed by atoms with Crippen LogP contribution in [0.4, 0.5) is 0 Å². The maximum absolute atomic E-state index is 12.3. The molecule has 1 fully saturated rings. The van der Waals surface area contributed by atoms with Gasteiger partial charge in [-0.3, -0.25) is 4.79 Å². The maximum Gasteiger partial charge on any atom is 0.166 e. The third-order valence-corrected chi connectivity index (χ3v) is 3.91. The highest BCUT2D eigenvalue weighted by atomic mass is 16.1. The molecular formula is C16H23NO. The quantitative estimate of drug-likeness (QED) is 0.759. The summed E-state index contributed by atoms with van der Waals surface area (Å²) >= 11 is 0. The number of benzene rings is 1. The van der Waals surface area contributed by atoms with Crippen LogP contribution in [-0.2, 0) is 0 Å². The van der Waals surface area contributed by atoms with E-state index in [0.29, 0.717) is 0 Å². The molecule has 0 N–H and O–H groups in total. The smallest absolute Gasteiger partial charge is 0.166 e. The summed E-state index contributed by atoms with van der Waals surface area (Å²) in [5.41, 5.74) is 0.843. The van der Waals surface area contributed by atoms with Crippen LogP contribution in [0.2, 0.25) is 0 Å². The Hall–Kier alpha value is -1.15. The molecule has 1 unspecified atom stereocenters. The van der Waals surface area contributed by atoms with Gasteiger partial charge in [0.25, 0.3) is 0 Å². The van der Waals surface area contributed by atoms with Gasteiger partial charge in [-0.1, -0.05) is 44.2 Å². The highest BCUT2D eigenvalue weighted by Gasteiger charge is 2.21. The van der Waals surface area contributed by atoms with Gasteiger partial charge in [-0.25, -0.2) is 0 Å². The number of Topliss-reactive ketones (excluding diaryl/α,β-unsaturated/α-hetero) is 1. The number of rotatable bonds is 4. The zero-order valence-corrected chi connectivity index (χ0v) is 11.4. The Morgan fingerprint density at radius 1 is 1.28 bits per heavy atom. The van der Waals surface area contributed by atoms with Crippen LogP contribution in [0.1, 0.15) is 37.0 Å².